The Balaban J connectivity index is 2.11. The molecule has 0 bridgehead atoms. The maximum absolute atomic E-state index is 11.5. The van der Waals surface area contributed by atoms with Crippen LogP contribution in [0, 0.1) is 5.41 Å². The molecule has 2 rings (SSSR count). The molecule has 0 radical (unpaired) electrons. The van der Waals surface area contributed by atoms with Gasteiger partial charge in [-0.3, -0.25) is 0 Å². The van der Waals surface area contributed by atoms with Gasteiger partial charge in [-0.05, 0) is 31.0 Å². The molecule has 1 aliphatic carbocycles. The van der Waals surface area contributed by atoms with Gasteiger partial charge in [0.25, 0.3) is 0 Å². The standard InChI is InChI=1S/C16H21BrO4/c1-19-14-9-12(15(18)20-2)5-6-13(14)21-11-16(10-17)7-3-4-8-16/h5-6,9H,3-4,7-8,10-11H2,1-2H3. The van der Waals surface area contributed by atoms with E-state index >= 15 is 0 Å². The molecule has 1 aromatic rings. The molecule has 0 spiro atoms. The Bertz CT molecular complexity index is 495. The second kappa shape index (κ2) is 7.16. The molecule has 0 amide bonds. The Morgan fingerprint density at radius 3 is 2.52 bits per heavy atom. The summed E-state index contributed by atoms with van der Waals surface area (Å²) in [4.78, 5) is 11.5. The minimum atomic E-state index is -0.382. The summed E-state index contributed by atoms with van der Waals surface area (Å²) in [6.45, 7) is 0.659. The van der Waals surface area contributed by atoms with Crippen LogP contribution in [0.4, 0.5) is 0 Å². The van der Waals surface area contributed by atoms with E-state index in [1.807, 2.05) is 0 Å². The van der Waals surface area contributed by atoms with Crippen molar-refractivity contribution in [2.24, 2.45) is 5.41 Å². The number of carbonyl (C=O) groups is 1. The Morgan fingerprint density at radius 1 is 1.24 bits per heavy atom. The van der Waals surface area contributed by atoms with Crippen LogP contribution in [0.1, 0.15) is 36.0 Å². The summed E-state index contributed by atoms with van der Waals surface area (Å²) in [5.41, 5.74) is 0.671. The molecule has 0 saturated heterocycles. The second-order valence-corrected chi connectivity index (χ2v) is 6.05. The zero-order valence-corrected chi connectivity index (χ0v) is 14.1. The Kier molecular flexibility index (Phi) is 5.51. The monoisotopic (exact) mass is 356 g/mol. The molecule has 21 heavy (non-hydrogen) atoms. The fraction of sp³-hybridized carbons (Fsp3) is 0.562. The van der Waals surface area contributed by atoms with E-state index in [0.29, 0.717) is 23.7 Å². The molecular formula is C16H21BrO4. The van der Waals surface area contributed by atoms with Crippen molar-refractivity contribution in [3.05, 3.63) is 23.8 Å². The lowest BCUT2D eigenvalue weighted by molar-refractivity contribution is 0.0600. The number of esters is 1. The largest absolute Gasteiger partial charge is 0.493 e. The van der Waals surface area contributed by atoms with E-state index in [2.05, 4.69) is 15.9 Å². The number of ether oxygens (including phenoxy) is 3. The summed E-state index contributed by atoms with van der Waals surface area (Å²) in [5.74, 6) is 0.838. The highest BCUT2D eigenvalue weighted by atomic mass is 79.9. The van der Waals surface area contributed by atoms with Crippen molar-refractivity contribution in [3.8, 4) is 11.5 Å². The van der Waals surface area contributed by atoms with Crippen molar-refractivity contribution in [3.63, 3.8) is 0 Å². The minimum absolute atomic E-state index is 0.214. The molecular weight excluding hydrogens is 336 g/mol. The highest BCUT2D eigenvalue weighted by Gasteiger charge is 2.33. The Morgan fingerprint density at radius 2 is 1.95 bits per heavy atom. The smallest absolute Gasteiger partial charge is 0.337 e. The summed E-state index contributed by atoms with van der Waals surface area (Å²) >= 11 is 3.61. The number of halogens is 1. The number of benzene rings is 1. The molecule has 1 aromatic carbocycles. The van der Waals surface area contributed by atoms with Crippen LogP contribution in [0.15, 0.2) is 18.2 Å². The summed E-state index contributed by atoms with van der Waals surface area (Å²) in [7, 11) is 2.93. The topological polar surface area (TPSA) is 44.8 Å². The number of carbonyl (C=O) groups excluding carboxylic acids is 1. The lowest BCUT2D eigenvalue weighted by atomic mass is 9.90. The fourth-order valence-electron chi connectivity index (χ4n) is 2.70. The van der Waals surface area contributed by atoms with Crippen molar-refractivity contribution in [1.29, 1.82) is 0 Å². The van der Waals surface area contributed by atoms with Gasteiger partial charge in [-0.15, -0.1) is 0 Å². The van der Waals surface area contributed by atoms with E-state index in [1.54, 1.807) is 25.3 Å². The van der Waals surface area contributed by atoms with Crippen LogP contribution in [-0.2, 0) is 4.74 Å². The zero-order valence-electron chi connectivity index (χ0n) is 12.5. The number of rotatable bonds is 6. The van der Waals surface area contributed by atoms with Crippen LogP contribution in [0.3, 0.4) is 0 Å². The molecule has 0 aromatic heterocycles. The van der Waals surface area contributed by atoms with Crippen molar-refractivity contribution in [2.75, 3.05) is 26.2 Å². The molecule has 1 saturated carbocycles. The van der Waals surface area contributed by atoms with Gasteiger partial charge in [0, 0.05) is 10.7 Å². The SMILES string of the molecule is COC(=O)c1ccc(OCC2(CBr)CCCC2)c(OC)c1. The average Bonchev–Trinajstić information content (AvgIpc) is 3.01. The maximum atomic E-state index is 11.5. The van der Waals surface area contributed by atoms with Crippen molar-refractivity contribution in [2.45, 2.75) is 25.7 Å². The fourth-order valence-corrected chi connectivity index (χ4v) is 3.43. The number of methoxy groups -OCH3 is 2. The van der Waals surface area contributed by atoms with Crippen LogP contribution >= 0.6 is 15.9 Å². The van der Waals surface area contributed by atoms with Gasteiger partial charge in [-0.1, -0.05) is 28.8 Å². The van der Waals surface area contributed by atoms with Gasteiger partial charge in [0.1, 0.15) is 0 Å². The number of alkyl halides is 1. The van der Waals surface area contributed by atoms with Gasteiger partial charge >= 0.3 is 5.97 Å². The van der Waals surface area contributed by atoms with Crippen molar-refractivity contribution in [1.82, 2.24) is 0 Å². The number of hydrogen-bond acceptors (Lipinski definition) is 4. The van der Waals surface area contributed by atoms with E-state index in [0.717, 1.165) is 5.33 Å². The molecule has 5 heteroatoms. The summed E-state index contributed by atoms with van der Waals surface area (Å²) < 4.78 is 16.0. The molecule has 1 fully saturated rings. The predicted octanol–water partition coefficient (Wildman–Crippen LogP) is 3.82. The van der Waals surface area contributed by atoms with Gasteiger partial charge in [-0.25, -0.2) is 4.79 Å². The highest BCUT2D eigenvalue weighted by Crippen LogP contribution is 2.41. The Labute approximate surface area is 133 Å². The van der Waals surface area contributed by atoms with Crippen molar-refractivity contribution < 1.29 is 19.0 Å². The summed E-state index contributed by atoms with van der Waals surface area (Å²) in [6.07, 6.45) is 4.88. The minimum Gasteiger partial charge on any atom is -0.493 e. The quantitative estimate of drug-likeness (QED) is 0.574. The molecule has 116 valence electrons. The second-order valence-electron chi connectivity index (χ2n) is 5.49. The van der Waals surface area contributed by atoms with Crippen molar-refractivity contribution >= 4 is 21.9 Å². The van der Waals surface area contributed by atoms with Crippen LogP contribution in [-0.4, -0.2) is 32.1 Å². The first-order chi connectivity index (χ1) is 10.1. The zero-order chi connectivity index (χ0) is 15.3. The number of hydrogen-bond donors (Lipinski definition) is 0. The first-order valence-corrected chi connectivity index (χ1v) is 8.21. The third-order valence-corrected chi connectivity index (χ3v) is 5.26. The normalized spacial score (nSPS) is 16.5. The van der Waals surface area contributed by atoms with Gasteiger partial charge in [-0.2, -0.15) is 0 Å². The maximum Gasteiger partial charge on any atom is 0.337 e. The lowest BCUT2D eigenvalue weighted by Gasteiger charge is -2.26. The molecule has 0 unspecified atom stereocenters. The van der Waals surface area contributed by atoms with E-state index < -0.39 is 0 Å². The van der Waals surface area contributed by atoms with E-state index in [4.69, 9.17) is 14.2 Å². The third kappa shape index (κ3) is 3.70. The van der Waals surface area contributed by atoms with Crippen LogP contribution in [0.2, 0.25) is 0 Å². The van der Waals surface area contributed by atoms with Crippen LogP contribution in [0.25, 0.3) is 0 Å². The van der Waals surface area contributed by atoms with E-state index in [1.165, 1.54) is 32.8 Å². The van der Waals surface area contributed by atoms with Gasteiger partial charge < -0.3 is 14.2 Å². The lowest BCUT2D eigenvalue weighted by Crippen LogP contribution is -2.27. The van der Waals surface area contributed by atoms with Gasteiger partial charge in [0.05, 0.1) is 26.4 Å². The third-order valence-electron chi connectivity index (χ3n) is 4.07. The molecule has 0 heterocycles. The predicted molar refractivity (Wildman–Crippen MR) is 84.5 cm³/mol. The van der Waals surface area contributed by atoms with Crippen LogP contribution in [0.5, 0.6) is 11.5 Å². The molecule has 4 nitrogen and oxygen atoms in total. The van der Waals surface area contributed by atoms with Gasteiger partial charge in [0.2, 0.25) is 0 Å². The summed E-state index contributed by atoms with van der Waals surface area (Å²) in [6, 6.07) is 5.11. The summed E-state index contributed by atoms with van der Waals surface area (Å²) in [5, 5.41) is 0.947. The first-order valence-electron chi connectivity index (χ1n) is 7.09. The molecule has 0 atom stereocenters. The van der Waals surface area contributed by atoms with Crippen LogP contribution < -0.4 is 9.47 Å². The molecule has 0 N–H and O–H groups in total. The van der Waals surface area contributed by atoms with Gasteiger partial charge in [0.15, 0.2) is 11.5 Å². The Hall–Kier alpha value is -1.23. The van der Waals surface area contributed by atoms with E-state index in [-0.39, 0.29) is 11.4 Å². The highest BCUT2D eigenvalue weighted by molar-refractivity contribution is 9.09. The first kappa shape index (κ1) is 16.1. The molecule has 1 aliphatic rings. The molecule has 0 aliphatic heterocycles. The average molecular weight is 357 g/mol. The van der Waals surface area contributed by atoms with E-state index in [9.17, 15) is 4.79 Å².